The number of nitrogens with one attached hydrogen (secondary N) is 1. The van der Waals surface area contributed by atoms with E-state index in [1.807, 2.05) is 13.8 Å². The third-order valence-electron chi connectivity index (χ3n) is 4.54. The van der Waals surface area contributed by atoms with Crippen molar-refractivity contribution in [2.24, 2.45) is 16.1 Å². The van der Waals surface area contributed by atoms with Crippen LogP contribution in [0.15, 0.2) is 16.3 Å². The van der Waals surface area contributed by atoms with Gasteiger partial charge in [-0.3, -0.25) is 14.6 Å². The molecule has 1 rings (SSSR count). The number of rotatable bonds is 9. The number of hydrogen-bond donors (Lipinski definition) is 4. The first-order valence-corrected chi connectivity index (χ1v) is 9.22. The summed E-state index contributed by atoms with van der Waals surface area (Å²) >= 11 is 0. The van der Waals surface area contributed by atoms with Crippen molar-refractivity contribution >= 4 is 23.4 Å². The zero-order valence-corrected chi connectivity index (χ0v) is 16.5. The number of carbonyl (C=O) groups is 3. The fourth-order valence-corrected chi connectivity index (χ4v) is 3.15. The predicted molar refractivity (Wildman–Crippen MR) is 103 cm³/mol. The SMILES string of the molecule is CC(=N[C@@H](C)C(=O)N[C@@H](CCCCN)C(=O)O)C1=C(O)CC(C)(C)CC1=O. The molecule has 152 valence electrons. The lowest BCUT2D eigenvalue weighted by Crippen LogP contribution is -2.44. The molecule has 1 amide bonds. The summed E-state index contributed by atoms with van der Waals surface area (Å²) < 4.78 is 0. The number of nitrogens with two attached hydrogens (primary N) is 1. The van der Waals surface area contributed by atoms with Gasteiger partial charge in [-0.05, 0) is 45.1 Å². The van der Waals surface area contributed by atoms with E-state index in [-0.39, 0.29) is 34.7 Å². The molecule has 8 heteroatoms. The van der Waals surface area contributed by atoms with E-state index in [2.05, 4.69) is 10.3 Å². The van der Waals surface area contributed by atoms with Crippen LogP contribution in [-0.4, -0.2) is 52.2 Å². The van der Waals surface area contributed by atoms with E-state index < -0.39 is 24.0 Å². The molecular weight excluding hydrogens is 350 g/mol. The highest BCUT2D eigenvalue weighted by molar-refractivity contribution is 6.22. The maximum Gasteiger partial charge on any atom is 0.326 e. The van der Waals surface area contributed by atoms with Gasteiger partial charge in [-0.25, -0.2) is 4.79 Å². The number of aliphatic hydroxyl groups is 1. The fraction of sp³-hybridized carbons (Fsp3) is 0.684. The molecule has 1 aliphatic rings. The van der Waals surface area contributed by atoms with Crippen LogP contribution in [0, 0.1) is 5.41 Å². The second kappa shape index (κ2) is 9.64. The van der Waals surface area contributed by atoms with E-state index in [1.54, 1.807) is 6.92 Å². The van der Waals surface area contributed by atoms with Crippen LogP contribution in [0.25, 0.3) is 0 Å². The van der Waals surface area contributed by atoms with Crippen molar-refractivity contribution in [3.8, 4) is 0 Å². The zero-order valence-electron chi connectivity index (χ0n) is 16.5. The van der Waals surface area contributed by atoms with Gasteiger partial charge in [-0.2, -0.15) is 0 Å². The van der Waals surface area contributed by atoms with Gasteiger partial charge in [-0.1, -0.05) is 13.8 Å². The van der Waals surface area contributed by atoms with Gasteiger partial charge < -0.3 is 21.3 Å². The van der Waals surface area contributed by atoms with Crippen LogP contribution < -0.4 is 11.1 Å². The monoisotopic (exact) mass is 381 g/mol. The molecule has 0 radical (unpaired) electrons. The topological polar surface area (TPSA) is 142 Å². The van der Waals surface area contributed by atoms with Gasteiger partial charge in [0.2, 0.25) is 5.91 Å². The summed E-state index contributed by atoms with van der Waals surface area (Å²) in [6.45, 7) is 7.35. The lowest BCUT2D eigenvalue weighted by atomic mass is 9.76. The van der Waals surface area contributed by atoms with Crippen LogP contribution in [0.2, 0.25) is 0 Å². The van der Waals surface area contributed by atoms with Crippen LogP contribution in [-0.2, 0) is 14.4 Å². The Morgan fingerprint density at radius 1 is 1.30 bits per heavy atom. The second-order valence-electron chi connectivity index (χ2n) is 7.84. The average Bonchev–Trinajstić information content (AvgIpc) is 2.51. The van der Waals surface area contributed by atoms with Crippen molar-refractivity contribution in [1.82, 2.24) is 5.32 Å². The molecule has 27 heavy (non-hydrogen) atoms. The van der Waals surface area contributed by atoms with Gasteiger partial charge >= 0.3 is 5.97 Å². The van der Waals surface area contributed by atoms with Gasteiger partial charge in [0.25, 0.3) is 0 Å². The molecule has 0 spiro atoms. The van der Waals surface area contributed by atoms with Crippen molar-refractivity contribution in [2.45, 2.75) is 71.9 Å². The fourth-order valence-electron chi connectivity index (χ4n) is 3.15. The number of aliphatic hydroxyl groups excluding tert-OH is 1. The quantitative estimate of drug-likeness (QED) is 0.354. The van der Waals surface area contributed by atoms with E-state index in [1.165, 1.54) is 6.92 Å². The van der Waals surface area contributed by atoms with Crippen molar-refractivity contribution in [2.75, 3.05) is 6.54 Å². The van der Waals surface area contributed by atoms with E-state index in [0.29, 0.717) is 32.2 Å². The number of unbranched alkanes of at least 4 members (excludes halogenated alkanes) is 1. The highest BCUT2D eigenvalue weighted by Gasteiger charge is 2.34. The van der Waals surface area contributed by atoms with Gasteiger partial charge in [-0.15, -0.1) is 0 Å². The number of allylic oxidation sites excluding steroid dienone is 2. The number of aliphatic imine (C=N–C) groups is 1. The highest BCUT2D eigenvalue weighted by atomic mass is 16.4. The van der Waals surface area contributed by atoms with Gasteiger partial charge in [0, 0.05) is 18.6 Å². The summed E-state index contributed by atoms with van der Waals surface area (Å²) in [5, 5.41) is 21.9. The summed E-state index contributed by atoms with van der Waals surface area (Å²) in [6.07, 6.45) is 2.22. The first-order chi connectivity index (χ1) is 12.5. The number of ketones is 1. The van der Waals surface area contributed by atoms with Crippen molar-refractivity contribution in [3.63, 3.8) is 0 Å². The van der Waals surface area contributed by atoms with Gasteiger partial charge in [0.1, 0.15) is 17.8 Å². The Balaban J connectivity index is 2.85. The number of Topliss-reactive ketones (excluding diaryl/α,β-unsaturated/α-hetero) is 1. The molecule has 1 aliphatic carbocycles. The predicted octanol–water partition coefficient (Wildman–Crippen LogP) is 1.74. The molecule has 0 aromatic heterocycles. The Labute approximate surface area is 159 Å². The van der Waals surface area contributed by atoms with Gasteiger partial charge in [0.05, 0.1) is 5.57 Å². The summed E-state index contributed by atoms with van der Waals surface area (Å²) in [5.41, 5.74) is 5.53. The van der Waals surface area contributed by atoms with Crippen molar-refractivity contribution in [1.29, 1.82) is 0 Å². The van der Waals surface area contributed by atoms with E-state index in [0.717, 1.165) is 0 Å². The van der Waals surface area contributed by atoms with Crippen molar-refractivity contribution in [3.05, 3.63) is 11.3 Å². The molecule has 0 aromatic carbocycles. The molecule has 0 unspecified atom stereocenters. The van der Waals surface area contributed by atoms with Crippen LogP contribution in [0.1, 0.15) is 59.8 Å². The van der Waals surface area contributed by atoms with E-state index in [9.17, 15) is 24.6 Å². The summed E-state index contributed by atoms with van der Waals surface area (Å²) in [5.74, 6) is -1.88. The summed E-state index contributed by atoms with van der Waals surface area (Å²) in [7, 11) is 0. The standard InChI is InChI=1S/C19H31N3O5/c1-11(16-14(23)9-19(3,4)10-15(16)24)21-12(2)17(25)22-13(18(26)27)7-5-6-8-20/h12-13,23H,5-10,20H2,1-4H3,(H,22,25)(H,26,27)/t12-,13-/m0/s1. The number of carboxylic acids is 1. The highest BCUT2D eigenvalue weighted by Crippen LogP contribution is 2.36. The normalized spacial score (nSPS) is 19.6. The lowest BCUT2D eigenvalue weighted by molar-refractivity contribution is -0.142. The van der Waals surface area contributed by atoms with E-state index >= 15 is 0 Å². The van der Waals surface area contributed by atoms with Crippen LogP contribution in [0.4, 0.5) is 0 Å². The Kier molecular flexibility index (Phi) is 8.15. The average molecular weight is 381 g/mol. The molecular formula is C19H31N3O5. The first-order valence-electron chi connectivity index (χ1n) is 9.22. The maximum atomic E-state index is 12.3. The number of amides is 1. The molecule has 8 nitrogen and oxygen atoms in total. The van der Waals surface area contributed by atoms with Crippen LogP contribution >= 0.6 is 0 Å². The number of hydrogen-bond acceptors (Lipinski definition) is 6. The number of carbonyl (C=O) groups excluding carboxylic acids is 2. The Bertz CT molecular complexity index is 652. The molecule has 0 heterocycles. The molecule has 0 saturated heterocycles. The minimum atomic E-state index is -1.11. The summed E-state index contributed by atoms with van der Waals surface area (Å²) in [4.78, 5) is 40.2. The van der Waals surface area contributed by atoms with Crippen molar-refractivity contribution < 1.29 is 24.6 Å². The second-order valence-corrected chi connectivity index (χ2v) is 7.84. The van der Waals surface area contributed by atoms with E-state index in [4.69, 9.17) is 5.73 Å². The number of carboxylic acid groups (broad SMARTS) is 1. The number of nitrogens with zero attached hydrogens (tertiary/aromatic N) is 1. The van der Waals surface area contributed by atoms with Crippen LogP contribution in [0.5, 0.6) is 0 Å². The maximum absolute atomic E-state index is 12.3. The third kappa shape index (κ3) is 6.78. The smallest absolute Gasteiger partial charge is 0.326 e. The molecule has 0 bridgehead atoms. The Morgan fingerprint density at radius 3 is 2.44 bits per heavy atom. The zero-order chi connectivity index (χ0) is 20.8. The minimum absolute atomic E-state index is 0.0182. The molecule has 0 aliphatic heterocycles. The molecule has 0 saturated carbocycles. The lowest BCUT2D eigenvalue weighted by Gasteiger charge is -2.29. The first kappa shape index (κ1) is 22.8. The third-order valence-corrected chi connectivity index (χ3v) is 4.54. The molecule has 0 aromatic rings. The van der Waals surface area contributed by atoms with Gasteiger partial charge in [0.15, 0.2) is 5.78 Å². The molecule has 0 fully saturated rings. The minimum Gasteiger partial charge on any atom is -0.511 e. The van der Waals surface area contributed by atoms with Crippen LogP contribution in [0.3, 0.4) is 0 Å². The molecule has 5 N–H and O–H groups in total. The largest absolute Gasteiger partial charge is 0.511 e. The molecule has 2 atom stereocenters. The number of aliphatic carboxylic acids is 1. The Hall–Kier alpha value is -2.22. The summed E-state index contributed by atoms with van der Waals surface area (Å²) in [6, 6.07) is -1.89. The Morgan fingerprint density at radius 2 is 1.93 bits per heavy atom.